The number of para-hydroxylation sites is 2. The second kappa shape index (κ2) is 5.38. The van der Waals surface area contributed by atoms with Crippen molar-refractivity contribution >= 4 is 11.9 Å². The molecule has 7 nitrogen and oxygen atoms in total. The molecule has 0 aliphatic rings. The van der Waals surface area contributed by atoms with Crippen LogP contribution in [0.25, 0.3) is 0 Å². The number of hydrogen-bond acceptors (Lipinski definition) is 7. The molecule has 0 radical (unpaired) electrons. The number of benzene rings is 1. The smallest absolute Gasteiger partial charge is 0.328 e. The third-order valence-corrected chi connectivity index (χ3v) is 2.29. The normalized spacial score (nSPS) is 10.1. The van der Waals surface area contributed by atoms with Gasteiger partial charge in [-0.05, 0) is 12.1 Å². The summed E-state index contributed by atoms with van der Waals surface area (Å²) in [6.07, 6.45) is 0. The van der Waals surface area contributed by atoms with Gasteiger partial charge >= 0.3 is 6.01 Å². The zero-order valence-corrected chi connectivity index (χ0v) is 11.0. The van der Waals surface area contributed by atoms with Gasteiger partial charge in [0.15, 0.2) is 11.5 Å². The molecule has 1 heterocycles. The number of ether oxygens (including phenoxy) is 2. The third kappa shape index (κ3) is 3.01. The lowest BCUT2D eigenvalue weighted by Gasteiger charge is -2.12. The molecular weight excluding hydrogens is 246 g/mol. The number of rotatable bonds is 4. The highest BCUT2D eigenvalue weighted by Crippen LogP contribution is 2.29. The fraction of sp³-hybridized carbons (Fsp3) is 0.250. The van der Waals surface area contributed by atoms with Crippen LogP contribution in [0.15, 0.2) is 24.3 Å². The van der Waals surface area contributed by atoms with Gasteiger partial charge in [-0.15, -0.1) is 0 Å². The van der Waals surface area contributed by atoms with Crippen molar-refractivity contribution in [3.8, 4) is 17.5 Å². The van der Waals surface area contributed by atoms with Gasteiger partial charge in [0.25, 0.3) is 0 Å². The van der Waals surface area contributed by atoms with Gasteiger partial charge in [-0.25, -0.2) is 0 Å². The number of hydrogen-bond donors (Lipinski definition) is 1. The molecular formula is C12H15N5O2. The largest absolute Gasteiger partial charge is 0.493 e. The Kier molecular flexibility index (Phi) is 3.65. The highest BCUT2D eigenvalue weighted by atomic mass is 16.5. The summed E-state index contributed by atoms with van der Waals surface area (Å²) in [5, 5.41) is 0. The summed E-state index contributed by atoms with van der Waals surface area (Å²) >= 11 is 0. The lowest BCUT2D eigenvalue weighted by molar-refractivity contribution is 0.368. The second-order valence-corrected chi connectivity index (χ2v) is 3.92. The van der Waals surface area contributed by atoms with Gasteiger partial charge in [-0.1, -0.05) is 12.1 Å². The fourth-order valence-electron chi connectivity index (χ4n) is 1.41. The van der Waals surface area contributed by atoms with Gasteiger partial charge in [-0.2, -0.15) is 15.0 Å². The minimum atomic E-state index is 0.101. The van der Waals surface area contributed by atoms with E-state index in [9.17, 15) is 0 Å². The van der Waals surface area contributed by atoms with Crippen LogP contribution in [-0.2, 0) is 0 Å². The molecule has 0 unspecified atom stereocenters. The molecule has 1 aromatic heterocycles. The molecule has 19 heavy (non-hydrogen) atoms. The van der Waals surface area contributed by atoms with Crippen molar-refractivity contribution in [3.05, 3.63) is 24.3 Å². The maximum Gasteiger partial charge on any atom is 0.328 e. The van der Waals surface area contributed by atoms with Gasteiger partial charge in [0, 0.05) is 14.1 Å². The van der Waals surface area contributed by atoms with E-state index in [1.54, 1.807) is 24.1 Å². The average Bonchev–Trinajstić information content (AvgIpc) is 2.38. The lowest BCUT2D eigenvalue weighted by Crippen LogP contribution is -2.15. The van der Waals surface area contributed by atoms with Crippen LogP contribution in [0.2, 0.25) is 0 Å². The molecule has 0 saturated carbocycles. The first-order chi connectivity index (χ1) is 9.10. The van der Waals surface area contributed by atoms with Crippen LogP contribution in [0.1, 0.15) is 0 Å². The Morgan fingerprint density at radius 2 is 1.74 bits per heavy atom. The molecule has 2 N–H and O–H groups in total. The first-order valence-corrected chi connectivity index (χ1v) is 5.60. The summed E-state index contributed by atoms with van der Waals surface area (Å²) in [5.74, 6) is 1.63. The Bertz CT molecular complexity index is 574. The monoisotopic (exact) mass is 261 g/mol. The predicted octanol–water partition coefficient (Wildman–Crippen LogP) is 1.32. The molecule has 0 amide bonds. The standard InChI is InChI=1S/C12H15N5O2/c1-17(2)11-14-10(13)15-12(16-11)19-9-7-5-4-6-8(9)18-3/h4-7H,1-3H3,(H2,13,14,15,16). The van der Waals surface area contributed by atoms with E-state index in [-0.39, 0.29) is 12.0 Å². The minimum Gasteiger partial charge on any atom is -0.493 e. The summed E-state index contributed by atoms with van der Waals surface area (Å²) in [6, 6.07) is 7.34. The van der Waals surface area contributed by atoms with Crippen molar-refractivity contribution in [1.82, 2.24) is 15.0 Å². The molecule has 0 aliphatic heterocycles. The van der Waals surface area contributed by atoms with E-state index in [1.165, 1.54) is 0 Å². The van der Waals surface area contributed by atoms with E-state index in [0.717, 1.165) is 0 Å². The predicted molar refractivity (Wildman–Crippen MR) is 71.6 cm³/mol. The zero-order chi connectivity index (χ0) is 13.8. The highest BCUT2D eigenvalue weighted by Gasteiger charge is 2.10. The maximum absolute atomic E-state index is 5.62. The van der Waals surface area contributed by atoms with E-state index in [1.807, 2.05) is 26.2 Å². The average molecular weight is 261 g/mol. The number of nitrogen functional groups attached to an aromatic ring is 1. The third-order valence-electron chi connectivity index (χ3n) is 2.29. The van der Waals surface area contributed by atoms with Crippen molar-refractivity contribution < 1.29 is 9.47 Å². The number of nitrogens with two attached hydrogens (primary N) is 1. The van der Waals surface area contributed by atoms with Crippen LogP contribution in [0.4, 0.5) is 11.9 Å². The zero-order valence-electron chi connectivity index (χ0n) is 11.0. The summed E-state index contributed by atoms with van der Waals surface area (Å²) < 4.78 is 10.8. The summed E-state index contributed by atoms with van der Waals surface area (Å²) in [7, 11) is 5.18. The Morgan fingerprint density at radius 1 is 1.05 bits per heavy atom. The molecule has 0 spiro atoms. The van der Waals surface area contributed by atoms with Crippen LogP contribution in [-0.4, -0.2) is 36.2 Å². The molecule has 100 valence electrons. The van der Waals surface area contributed by atoms with Gasteiger partial charge < -0.3 is 20.1 Å². The molecule has 0 atom stereocenters. The molecule has 2 aromatic rings. The number of methoxy groups -OCH3 is 1. The van der Waals surface area contributed by atoms with E-state index >= 15 is 0 Å². The van der Waals surface area contributed by atoms with Crippen LogP contribution in [0.3, 0.4) is 0 Å². The van der Waals surface area contributed by atoms with Gasteiger partial charge in [-0.3, -0.25) is 0 Å². The Hall–Kier alpha value is -2.57. The quantitative estimate of drug-likeness (QED) is 0.888. The molecule has 7 heteroatoms. The first kappa shape index (κ1) is 12.9. The minimum absolute atomic E-state index is 0.101. The van der Waals surface area contributed by atoms with Crippen molar-refractivity contribution in [2.75, 3.05) is 31.8 Å². The molecule has 0 aliphatic carbocycles. The molecule has 0 fully saturated rings. The lowest BCUT2D eigenvalue weighted by atomic mass is 10.3. The number of anilines is 2. The van der Waals surface area contributed by atoms with Gasteiger partial charge in [0.1, 0.15) is 0 Å². The maximum atomic E-state index is 5.62. The van der Waals surface area contributed by atoms with Crippen LogP contribution in [0.5, 0.6) is 17.5 Å². The van der Waals surface area contributed by atoms with E-state index in [2.05, 4.69) is 15.0 Å². The van der Waals surface area contributed by atoms with Gasteiger partial charge in [0.05, 0.1) is 7.11 Å². The number of aromatic nitrogens is 3. The molecule has 1 aromatic carbocycles. The summed E-state index contributed by atoms with van der Waals surface area (Å²) in [5.41, 5.74) is 5.62. The summed E-state index contributed by atoms with van der Waals surface area (Å²) in [6.45, 7) is 0. The molecule has 0 saturated heterocycles. The SMILES string of the molecule is COc1ccccc1Oc1nc(N)nc(N(C)C)n1. The molecule has 0 bridgehead atoms. The topological polar surface area (TPSA) is 86.4 Å². The Labute approximate surface area is 111 Å². The van der Waals surface area contributed by atoms with Gasteiger partial charge in [0.2, 0.25) is 11.9 Å². The van der Waals surface area contributed by atoms with E-state index in [4.69, 9.17) is 15.2 Å². The van der Waals surface area contributed by atoms with Crippen molar-refractivity contribution in [2.24, 2.45) is 0 Å². The Morgan fingerprint density at radius 3 is 2.37 bits per heavy atom. The van der Waals surface area contributed by atoms with Crippen molar-refractivity contribution in [2.45, 2.75) is 0 Å². The van der Waals surface area contributed by atoms with E-state index in [0.29, 0.717) is 17.4 Å². The van der Waals surface area contributed by atoms with Crippen LogP contribution in [0, 0.1) is 0 Å². The fourth-order valence-corrected chi connectivity index (χ4v) is 1.41. The van der Waals surface area contributed by atoms with Crippen molar-refractivity contribution in [3.63, 3.8) is 0 Å². The summed E-state index contributed by atoms with van der Waals surface area (Å²) in [4.78, 5) is 13.8. The van der Waals surface area contributed by atoms with E-state index < -0.39 is 0 Å². The molecule has 2 rings (SSSR count). The first-order valence-electron chi connectivity index (χ1n) is 5.60. The van der Waals surface area contributed by atoms with Crippen LogP contribution < -0.4 is 20.1 Å². The second-order valence-electron chi connectivity index (χ2n) is 3.92. The number of nitrogens with zero attached hydrogens (tertiary/aromatic N) is 4. The van der Waals surface area contributed by atoms with Crippen LogP contribution >= 0.6 is 0 Å². The Balaban J connectivity index is 2.32. The highest BCUT2D eigenvalue weighted by molar-refractivity contribution is 5.42. The van der Waals surface area contributed by atoms with Crippen molar-refractivity contribution in [1.29, 1.82) is 0 Å².